The first-order chi connectivity index (χ1) is 5.93. The minimum atomic E-state index is -0.390. The molecular formula is C9H18BrNO2. The molecule has 0 aromatic carbocycles. The molecule has 0 amide bonds. The van der Waals surface area contributed by atoms with Gasteiger partial charge in [-0.3, -0.25) is 0 Å². The van der Waals surface area contributed by atoms with Crippen molar-refractivity contribution < 1.29 is 9.53 Å². The second kappa shape index (κ2) is 9.74. The highest BCUT2D eigenvalue weighted by atomic mass is 79.9. The molecule has 0 aliphatic rings. The summed E-state index contributed by atoms with van der Waals surface area (Å²) in [7, 11) is 6.00. The Bertz CT molecular complexity index is 146. The van der Waals surface area contributed by atoms with Crippen LogP contribution in [0.3, 0.4) is 0 Å². The normalized spacial score (nSPS) is 11.2. The first-order valence-electron chi connectivity index (χ1n) is 4.02. The second-order valence-corrected chi connectivity index (χ2v) is 3.82. The summed E-state index contributed by atoms with van der Waals surface area (Å²) < 4.78 is 4.71. The first-order valence-corrected chi connectivity index (χ1v) is 4.93. The Morgan fingerprint density at radius 2 is 2.00 bits per heavy atom. The van der Waals surface area contributed by atoms with Gasteiger partial charge < -0.3 is 9.64 Å². The third-order valence-corrected chi connectivity index (χ3v) is 1.57. The summed E-state index contributed by atoms with van der Waals surface area (Å²) in [5.74, 6) is -0.390. The predicted octanol–water partition coefficient (Wildman–Crippen LogP) is 2.02. The highest BCUT2D eigenvalue weighted by Crippen LogP contribution is 2.05. The molecule has 0 aromatic heterocycles. The van der Waals surface area contributed by atoms with Gasteiger partial charge in [0.15, 0.2) is 5.01 Å². The first kappa shape index (κ1) is 15.1. The quantitative estimate of drug-likeness (QED) is 0.437. The number of rotatable bonds is 3. The van der Waals surface area contributed by atoms with Crippen molar-refractivity contribution in [3.63, 3.8) is 0 Å². The van der Waals surface area contributed by atoms with Crippen molar-refractivity contribution in [2.75, 3.05) is 21.1 Å². The van der Waals surface area contributed by atoms with Gasteiger partial charge in [-0.15, -0.1) is 0 Å². The van der Waals surface area contributed by atoms with Gasteiger partial charge in [-0.2, -0.15) is 0 Å². The van der Waals surface area contributed by atoms with Gasteiger partial charge in [-0.25, -0.2) is 4.79 Å². The molecular weight excluding hydrogens is 234 g/mol. The summed E-state index contributed by atoms with van der Waals surface area (Å²) in [4.78, 5) is 12.4. The molecule has 0 rings (SSSR count). The van der Waals surface area contributed by atoms with Crippen LogP contribution in [0.4, 0.5) is 0 Å². The molecule has 0 spiro atoms. The van der Waals surface area contributed by atoms with Crippen LogP contribution >= 0.6 is 15.9 Å². The zero-order valence-corrected chi connectivity index (χ0v) is 10.3. The van der Waals surface area contributed by atoms with Crippen molar-refractivity contribution in [2.45, 2.75) is 18.4 Å². The monoisotopic (exact) mass is 251 g/mol. The number of alkyl halides is 1. The molecule has 0 bridgehead atoms. The van der Waals surface area contributed by atoms with E-state index in [0.717, 1.165) is 12.5 Å². The highest BCUT2D eigenvalue weighted by Gasteiger charge is 2.02. The summed E-state index contributed by atoms with van der Waals surface area (Å²) >= 11 is 3.13. The molecule has 3 nitrogen and oxygen atoms in total. The third-order valence-electron chi connectivity index (χ3n) is 0.732. The van der Waals surface area contributed by atoms with Crippen LogP contribution in [0.15, 0.2) is 12.7 Å². The number of ether oxygens (including phenoxy) is 1. The van der Waals surface area contributed by atoms with E-state index in [2.05, 4.69) is 22.5 Å². The Labute approximate surface area is 88.9 Å². The van der Waals surface area contributed by atoms with Crippen molar-refractivity contribution in [3.8, 4) is 0 Å². The summed E-state index contributed by atoms with van der Waals surface area (Å²) in [5.41, 5.74) is 0. The zero-order chi connectivity index (χ0) is 10.9. The van der Waals surface area contributed by atoms with Crippen molar-refractivity contribution in [3.05, 3.63) is 12.7 Å². The average molecular weight is 252 g/mol. The predicted molar refractivity (Wildman–Crippen MR) is 58.9 cm³/mol. The van der Waals surface area contributed by atoms with E-state index in [1.165, 1.54) is 0 Å². The lowest BCUT2D eigenvalue weighted by atomic mass is 10.5. The van der Waals surface area contributed by atoms with Gasteiger partial charge in [-0.1, -0.05) is 13.5 Å². The Balaban J connectivity index is 0. The van der Waals surface area contributed by atoms with E-state index in [1.807, 2.05) is 33.0 Å². The smallest absolute Gasteiger partial charge is 0.331 e. The van der Waals surface area contributed by atoms with Gasteiger partial charge in [0.1, 0.15) is 0 Å². The van der Waals surface area contributed by atoms with E-state index in [4.69, 9.17) is 4.74 Å². The zero-order valence-electron chi connectivity index (χ0n) is 8.71. The Morgan fingerprint density at radius 1 is 1.62 bits per heavy atom. The average Bonchev–Trinajstić information content (AvgIpc) is 2.03. The molecule has 0 radical (unpaired) electrons. The Kier molecular flexibility index (Phi) is 11.3. The maximum Gasteiger partial charge on any atom is 0.331 e. The van der Waals surface area contributed by atoms with Crippen LogP contribution < -0.4 is 0 Å². The van der Waals surface area contributed by atoms with E-state index >= 15 is 0 Å². The number of nitrogens with zero attached hydrogens (tertiary/aromatic N) is 1. The Morgan fingerprint density at radius 3 is 2.23 bits per heavy atom. The fourth-order valence-corrected chi connectivity index (χ4v) is 0.442. The number of halogens is 1. The van der Waals surface area contributed by atoms with Gasteiger partial charge in [-0.05, 0) is 43.5 Å². The third kappa shape index (κ3) is 18.5. The molecule has 0 aliphatic carbocycles. The maximum absolute atomic E-state index is 10.4. The van der Waals surface area contributed by atoms with E-state index in [1.54, 1.807) is 0 Å². The lowest BCUT2D eigenvalue weighted by molar-refractivity contribution is -0.138. The van der Waals surface area contributed by atoms with Crippen molar-refractivity contribution in [2.24, 2.45) is 0 Å². The second-order valence-electron chi connectivity index (χ2n) is 2.80. The molecule has 0 N–H and O–H groups in total. The molecule has 0 saturated carbocycles. The minimum absolute atomic E-state index is 0.178. The van der Waals surface area contributed by atoms with Gasteiger partial charge >= 0.3 is 5.97 Å². The van der Waals surface area contributed by atoms with Crippen LogP contribution in [0.5, 0.6) is 0 Å². The van der Waals surface area contributed by atoms with E-state index in [-0.39, 0.29) is 5.01 Å². The van der Waals surface area contributed by atoms with Gasteiger partial charge in [0.2, 0.25) is 0 Å². The number of hydrogen-bond acceptors (Lipinski definition) is 3. The SMILES string of the molecule is C=CC(=O)OC(Br)CC.CN(C)C. The maximum atomic E-state index is 10.4. The molecule has 0 heterocycles. The number of esters is 1. The van der Waals surface area contributed by atoms with Gasteiger partial charge in [0.25, 0.3) is 0 Å². The summed E-state index contributed by atoms with van der Waals surface area (Å²) in [6.07, 6.45) is 1.91. The number of hydrogen-bond donors (Lipinski definition) is 0. The van der Waals surface area contributed by atoms with Crippen LogP contribution in [0.1, 0.15) is 13.3 Å². The lowest BCUT2D eigenvalue weighted by Gasteiger charge is -2.05. The Hall–Kier alpha value is -0.350. The standard InChI is InChI=1S/C6H9BrO2.C3H9N/c1-3-5(7)9-6(8)4-2;1-4(2)3/h4-5H,2-3H2,1H3;1-3H3. The number of carbonyl (C=O) groups excluding carboxylic acids is 1. The molecule has 0 saturated heterocycles. The van der Waals surface area contributed by atoms with Crippen molar-refractivity contribution >= 4 is 21.9 Å². The van der Waals surface area contributed by atoms with E-state index < -0.39 is 5.97 Å². The fourth-order valence-electron chi connectivity index (χ4n) is 0.257. The number of carbonyl (C=O) groups is 1. The summed E-state index contributed by atoms with van der Waals surface area (Å²) in [5, 5.41) is -0.178. The van der Waals surface area contributed by atoms with E-state index in [0.29, 0.717) is 0 Å². The molecule has 0 aliphatic heterocycles. The van der Waals surface area contributed by atoms with Crippen LogP contribution in [0, 0.1) is 0 Å². The molecule has 13 heavy (non-hydrogen) atoms. The van der Waals surface area contributed by atoms with Crippen molar-refractivity contribution in [1.29, 1.82) is 0 Å². The van der Waals surface area contributed by atoms with Crippen molar-refractivity contribution in [1.82, 2.24) is 4.90 Å². The summed E-state index contributed by atoms with van der Waals surface area (Å²) in [6.45, 7) is 5.17. The van der Waals surface area contributed by atoms with E-state index in [9.17, 15) is 4.79 Å². The molecule has 0 aromatic rings. The van der Waals surface area contributed by atoms with Crippen LogP contribution in [-0.4, -0.2) is 37.0 Å². The van der Waals surface area contributed by atoms with Crippen LogP contribution in [0.2, 0.25) is 0 Å². The molecule has 78 valence electrons. The molecule has 0 fully saturated rings. The minimum Gasteiger partial charge on any atom is -0.448 e. The largest absolute Gasteiger partial charge is 0.448 e. The van der Waals surface area contributed by atoms with Crippen LogP contribution in [-0.2, 0) is 9.53 Å². The fraction of sp³-hybridized carbons (Fsp3) is 0.667. The highest BCUT2D eigenvalue weighted by molar-refractivity contribution is 9.09. The summed E-state index contributed by atoms with van der Waals surface area (Å²) in [6, 6.07) is 0. The molecule has 4 heteroatoms. The molecule has 1 unspecified atom stereocenters. The topological polar surface area (TPSA) is 29.5 Å². The lowest BCUT2D eigenvalue weighted by Crippen LogP contribution is -2.07. The van der Waals surface area contributed by atoms with Gasteiger partial charge in [0.05, 0.1) is 0 Å². The molecule has 1 atom stereocenters. The van der Waals surface area contributed by atoms with Gasteiger partial charge in [0, 0.05) is 6.08 Å². The van der Waals surface area contributed by atoms with Crippen LogP contribution in [0.25, 0.3) is 0 Å².